The van der Waals surface area contributed by atoms with Crippen molar-refractivity contribution in [3.05, 3.63) is 0 Å². The Bertz CT molecular complexity index is 393. The highest BCUT2D eigenvalue weighted by Gasteiger charge is 2.43. The first kappa shape index (κ1) is 14.9. The van der Waals surface area contributed by atoms with Gasteiger partial charge in [-0.3, -0.25) is 4.79 Å². The van der Waals surface area contributed by atoms with Gasteiger partial charge in [-0.15, -0.1) is 0 Å². The van der Waals surface area contributed by atoms with Crippen LogP contribution in [0.15, 0.2) is 0 Å². The Morgan fingerprint density at radius 2 is 1.82 bits per heavy atom. The summed E-state index contributed by atoms with van der Waals surface area (Å²) in [5.41, 5.74) is 0. The Hall–Kier alpha value is -0.610. The first-order chi connectivity index (χ1) is 10.8. The number of rotatable bonds is 4. The van der Waals surface area contributed by atoms with E-state index in [1.54, 1.807) is 0 Å². The Kier molecular flexibility index (Phi) is 4.40. The maximum Gasteiger partial charge on any atom is 0.248 e. The van der Waals surface area contributed by atoms with Gasteiger partial charge in [-0.2, -0.15) is 0 Å². The summed E-state index contributed by atoms with van der Waals surface area (Å²) in [6, 6.07) is 0.498. The molecule has 4 heteroatoms. The Morgan fingerprint density at radius 3 is 2.55 bits per heavy atom. The highest BCUT2D eigenvalue weighted by atomic mass is 16.5. The highest BCUT2D eigenvalue weighted by molar-refractivity contribution is 5.78. The number of carbonyl (C=O) groups is 1. The van der Waals surface area contributed by atoms with Gasteiger partial charge in [0.25, 0.3) is 0 Å². The third-order valence-corrected chi connectivity index (χ3v) is 6.23. The predicted molar refractivity (Wildman–Crippen MR) is 83.5 cm³/mol. The molecule has 5 rings (SSSR count). The van der Waals surface area contributed by atoms with Crippen LogP contribution in [-0.2, 0) is 14.3 Å². The molecule has 5 atom stereocenters. The number of hydrogen-bond donors (Lipinski definition) is 0. The van der Waals surface area contributed by atoms with Crippen molar-refractivity contribution in [2.75, 3.05) is 26.4 Å². The fraction of sp³-hybridized carbons (Fsp3) is 0.944. The van der Waals surface area contributed by atoms with Gasteiger partial charge in [0.15, 0.2) is 0 Å². The standard InChI is InChI=1S/C18H29NO3/c20-18(12-21-11-17-3-1-2-4-22-17)19-10-15-6-13-5-14(7-15)9-16(19)8-13/h13-17H,1-12H2/t13-,14+,15?,16?,17-/m1/s1. The van der Waals surface area contributed by atoms with Gasteiger partial charge in [-0.25, -0.2) is 0 Å². The van der Waals surface area contributed by atoms with Crippen LogP contribution in [0.1, 0.15) is 51.4 Å². The second-order valence-corrected chi connectivity index (χ2v) is 7.98. The third kappa shape index (κ3) is 3.18. The summed E-state index contributed by atoms with van der Waals surface area (Å²) >= 11 is 0. The molecule has 2 aliphatic carbocycles. The number of hydrogen-bond acceptors (Lipinski definition) is 3. The summed E-state index contributed by atoms with van der Waals surface area (Å²) in [4.78, 5) is 14.8. The smallest absolute Gasteiger partial charge is 0.248 e. The predicted octanol–water partition coefficient (Wildman–Crippen LogP) is 2.61. The number of amides is 1. The summed E-state index contributed by atoms with van der Waals surface area (Å²) < 4.78 is 11.4. The van der Waals surface area contributed by atoms with Gasteiger partial charge in [0.05, 0.1) is 12.7 Å². The molecule has 3 heterocycles. The molecular weight excluding hydrogens is 278 g/mol. The molecule has 1 amide bonds. The molecule has 0 aromatic rings. The molecular formula is C18H29NO3. The van der Waals surface area contributed by atoms with Crippen molar-refractivity contribution in [2.24, 2.45) is 17.8 Å². The van der Waals surface area contributed by atoms with Gasteiger partial charge in [-0.05, 0) is 69.1 Å². The molecule has 3 saturated heterocycles. The molecule has 22 heavy (non-hydrogen) atoms. The molecule has 0 radical (unpaired) electrons. The molecule has 5 fully saturated rings. The topological polar surface area (TPSA) is 38.8 Å². The van der Waals surface area contributed by atoms with E-state index in [9.17, 15) is 4.79 Å². The maximum absolute atomic E-state index is 12.6. The fourth-order valence-electron chi connectivity index (χ4n) is 5.39. The molecule has 2 unspecified atom stereocenters. The molecule has 4 bridgehead atoms. The van der Waals surface area contributed by atoms with Crippen LogP contribution < -0.4 is 0 Å². The van der Waals surface area contributed by atoms with E-state index >= 15 is 0 Å². The van der Waals surface area contributed by atoms with Gasteiger partial charge >= 0.3 is 0 Å². The lowest BCUT2D eigenvalue weighted by Crippen LogP contribution is -2.44. The summed E-state index contributed by atoms with van der Waals surface area (Å²) in [7, 11) is 0. The van der Waals surface area contributed by atoms with Crippen molar-refractivity contribution < 1.29 is 14.3 Å². The molecule has 124 valence electrons. The lowest BCUT2D eigenvalue weighted by molar-refractivity contribution is -0.141. The van der Waals surface area contributed by atoms with Crippen LogP contribution in [0.25, 0.3) is 0 Å². The number of fused-ring (bicyclic) bond motifs is 1. The van der Waals surface area contributed by atoms with Crippen molar-refractivity contribution in [1.29, 1.82) is 0 Å². The summed E-state index contributed by atoms with van der Waals surface area (Å²) in [6.45, 7) is 2.66. The average Bonchev–Trinajstić information content (AvgIpc) is 2.72. The minimum absolute atomic E-state index is 0.206. The van der Waals surface area contributed by atoms with Gasteiger partial charge in [0.2, 0.25) is 5.91 Å². The zero-order chi connectivity index (χ0) is 14.9. The van der Waals surface area contributed by atoms with E-state index < -0.39 is 0 Å². The summed E-state index contributed by atoms with van der Waals surface area (Å²) in [5, 5.41) is 0. The van der Waals surface area contributed by atoms with Gasteiger partial charge in [0, 0.05) is 19.2 Å². The van der Waals surface area contributed by atoms with Crippen molar-refractivity contribution in [1.82, 2.24) is 4.90 Å². The summed E-state index contributed by atoms with van der Waals surface area (Å²) in [5.74, 6) is 2.74. The lowest BCUT2D eigenvalue weighted by atomic mass is 9.68. The van der Waals surface area contributed by atoms with Crippen molar-refractivity contribution in [2.45, 2.75) is 63.5 Å². The van der Waals surface area contributed by atoms with Gasteiger partial charge in [-0.1, -0.05) is 0 Å². The lowest BCUT2D eigenvalue weighted by Gasteiger charge is -2.39. The van der Waals surface area contributed by atoms with Crippen LogP contribution >= 0.6 is 0 Å². The quantitative estimate of drug-likeness (QED) is 0.801. The van der Waals surface area contributed by atoms with E-state index in [2.05, 4.69) is 4.90 Å². The van der Waals surface area contributed by atoms with E-state index in [1.807, 2.05) is 0 Å². The Labute approximate surface area is 133 Å². The first-order valence-corrected chi connectivity index (χ1v) is 9.26. The fourth-order valence-corrected chi connectivity index (χ4v) is 5.39. The summed E-state index contributed by atoms with van der Waals surface area (Å²) in [6.07, 6.45) is 10.3. The second kappa shape index (κ2) is 6.48. The van der Waals surface area contributed by atoms with E-state index in [0.29, 0.717) is 12.6 Å². The van der Waals surface area contributed by atoms with Crippen LogP contribution in [0, 0.1) is 17.8 Å². The van der Waals surface area contributed by atoms with Crippen molar-refractivity contribution in [3.8, 4) is 0 Å². The zero-order valence-corrected chi connectivity index (χ0v) is 13.5. The molecule has 0 spiro atoms. The molecule has 2 saturated carbocycles. The maximum atomic E-state index is 12.6. The number of ether oxygens (including phenoxy) is 2. The van der Waals surface area contributed by atoms with E-state index in [-0.39, 0.29) is 18.6 Å². The van der Waals surface area contributed by atoms with E-state index in [4.69, 9.17) is 9.47 Å². The normalized spacial score (nSPS) is 40.7. The minimum atomic E-state index is 0.206. The molecule has 5 aliphatic rings. The van der Waals surface area contributed by atoms with Crippen LogP contribution in [0.2, 0.25) is 0 Å². The number of nitrogens with zero attached hydrogens (tertiary/aromatic N) is 1. The monoisotopic (exact) mass is 307 g/mol. The third-order valence-electron chi connectivity index (χ3n) is 6.23. The largest absolute Gasteiger partial charge is 0.376 e. The molecule has 0 aromatic carbocycles. The van der Waals surface area contributed by atoms with E-state index in [1.165, 1.54) is 38.5 Å². The van der Waals surface area contributed by atoms with E-state index in [0.717, 1.165) is 43.7 Å². The van der Waals surface area contributed by atoms with Crippen LogP contribution in [0.5, 0.6) is 0 Å². The highest BCUT2D eigenvalue weighted by Crippen LogP contribution is 2.47. The van der Waals surface area contributed by atoms with Crippen LogP contribution in [-0.4, -0.2) is 49.3 Å². The van der Waals surface area contributed by atoms with Crippen molar-refractivity contribution in [3.63, 3.8) is 0 Å². The van der Waals surface area contributed by atoms with Gasteiger partial charge < -0.3 is 14.4 Å². The SMILES string of the molecule is O=C(COC[C@H]1CCCCO1)N1CC2C[C@@H]3CC1C[C@H](C2)C3. The Morgan fingerprint density at radius 1 is 1.05 bits per heavy atom. The average molecular weight is 307 g/mol. The minimum Gasteiger partial charge on any atom is -0.376 e. The number of carbonyl (C=O) groups excluding carboxylic acids is 1. The van der Waals surface area contributed by atoms with Gasteiger partial charge in [0.1, 0.15) is 6.61 Å². The Balaban J connectivity index is 1.29. The first-order valence-electron chi connectivity index (χ1n) is 9.26. The molecule has 4 nitrogen and oxygen atoms in total. The zero-order valence-electron chi connectivity index (χ0n) is 13.5. The van der Waals surface area contributed by atoms with Crippen LogP contribution in [0.3, 0.4) is 0 Å². The molecule has 0 N–H and O–H groups in total. The van der Waals surface area contributed by atoms with Crippen molar-refractivity contribution >= 4 is 5.91 Å². The second-order valence-electron chi connectivity index (χ2n) is 7.98. The molecule has 3 aliphatic heterocycles. The molecule has 0 aromatic heterocycles. The van der Waals surface area contributed by atoms with Crippen LogP contribution in [0.4, 0.5) is 0 Å².